The van der Waals surface area contributed by atoms with Crippen molar-refractivity contribution in [3.63, 3.8) is 0 Å². The number of nitriles is 1. The zero-order valence-electron chi connectivity index (χ0n) is 13.9. The van der Waals surface area contributed by atoms with Gasteiger partial charge in [-0.2, -0.15) is 10.4 Å². The first-order valence-electron chi connectivity index (χ1n) is 7.51. The van der Waals surface area contributed by atoms with E-state index < -0.39 is 5.91 Å². The van der Waals surface area contributed by atoms with Crippen molar-refractivity contribution in [3.8, 4) is 23.3 Å². The van der Waals surface area contributed by atoms with Crippen LogP contribution in [0.4, 0.5) is 0 Å². The lowest BCUT2D eigenvalue weighted by Crippen LogP contribution is -2.24. The van der Waals surface area contributed by atoms with Gasteiger partial charge >= 0.3 is 0 Å². The van der Waals surface area contributed by atoms with Crippen molar-refractivity contribution >= 4 is 23.7 Å². The summed E-state index contributed by atoms with van der Waals surface area (Å²) in [5, 5.41) is 12.8. The molecule has 0 saturated heterocycles. The van der Waals surface area contributed by atoms with Crippen molar-refractivity contribution in [1.82, 2.24) is 5.43 Å². The topological polar surface area (TPSA) is 92.9 Å². The Bertz CT molecular complexity index is 833. The summed E-state index contributed by atoms with van der Waals surface area (Å²) in [6.45, 7) is -0.295. The normalized spacial score (nSPS) is 10.2. The molecule has 2 aromatic rings. The monoisotopic (exact) mass is 373 g/mol. The minimum Gasteiger partial charge on any atom is -0.493 e. The van der Waals surface area contributed by atoms with E-state index in [1.165, 1.54) is 13.3 Å². The Morgan fingerprint density at radius 3 is 2.77 bits per heavy atom. The number of ether oxygens (including phenoxy) is 3. The Morgan fingerprint density at radius 2 is 2.04 bits per heavy atom. The summed E-state index contributed by atoms with van der Waals surface area (Å²) in [7, 11) is 1.49. The Labute approximate surface area is 155 Å². The van der Waals surface area contributed by atoms with Crippen LogP contribution in [-0.2, 0) is 4.79 Å². The van der Waals surface area contributed by atoms with E-state index in [1.54, 1.807) is 42.5 Å². The maximum Gasteiger partial charge on any atom is 0.277 e. The van der Waals surface area contributed by atoms with Crippen LogP contribution in [0.25, 0.3) is 0 Å². The van der Waals surface area contributed by atoms with Crippen LogP contribution in [-0.4, -0.2) is 32.4 Å². The second-order valence-electron chi connectivity index (χ2n) is 4.87. The second-order valence-corrected chi connectivity index (χ2v) is 5.28. The molecule has 0 aliphatic carbocycles. The Hall–Kier alpha value is -3.24. The summed E-state index contributed by atoms with van der Waals surface area (Å²) < 4.78 is 15.7. The summed E-state index contributed by atoms with van der Waals surface area (Å²) in [6, 6.07) is 13.8. The molecule has 2 aromatic carbocycles. The fourth-order valence-corrected chi connectivity index (χ4v) is 2.10. The van der Waals surface area contributed by atoms with E-state index in [2.05, 4.69) is 10.5 Å². The quantitative estimate of drug-likeness (QED) is 0.567. The lowest BCUT2D eigenvalue weighted by Gasteiger charge is -2.08. The molecule has 2 rings (SSSR count). The molecule has 0 aliphatic rings. The number of carbonyl (C=O) groups is 1. The Balaban J connectivity index is 1.88. The van der Waals surface area contributed by atoms with Gasteiger partial charge in [0.15, 0.2) is 24.7 Å². The molecule has 0 aliphatic heterocycles. The molecule has 0 bridgehead atoms. The third kappa shape index (κ3) is 5.69. The van der Waals surface area contributed by atoms with Crippen LogP contribution in [0.1, 0.15) is 5.56 Å². The molecule has 26 heavy (non-hydrogen) atoms. The molecule has 1 N–H and O–H groups in total. The van der Waals surface area contributed by atoms with Crippen LogP contribution in [0.2, 0.25) is 5.02 Å². The highest BCUT2D eigenvalue weighted by molar-refractivity contribution is 6.32. The lowest BCUT2D eigenvalue weighted by molar-refractivity contribution is -0.123. The van der Waals surface area contributed by atoms with Crippen molar-refractivity contribution in [2.75, 3.05) is 20.3 Å². The van der Waals surface area contributed by atoms with E-state index in [-0.39, 0.29) is 13.2 Å². The number of para-hydroxylation sites is 1. The Kier molecular flexibility index (Phi) is 7.28. The number of hydrazone groups is 1. The van der Waals surface area contributed by atoms with Gasteiger partial charge in [0.25, 0.3) is 5.91 Å². The van der Waals surface area contributed by atoms with Gasteiger partial charge in [-0.05, 0) is 35.9 Å². The largest absolute Gasteiger partial charge is 0.493 e. The summed E-state index contributed by atoms with van der Waals surface area (Å²) >= 11 is 5.94. The zero-order valence-corrected chi connectivity index (χ0v) is 14.7. The average molecular weight is 374 g/mol. The van der Waals surface area contributed by atoms with Gasteiger partial charge in [-0.25, -0.2) is 5.43 Å². The molecule has 0 fully saturated rings. The molecule has 1 amide bonds. The van der Waals surface area contributed by atoms with Crippen LogP contribution in [0.15, 0.2) is 47.6 Å². The first-order valence-corrected chi connectivity index (χ1v) is 7.89. The first kappa shape index (κ1) is 19.1. The smallest absolute Gasteiger partial charge is 0.277 e. The molecule has 0 saturated carbocycles. The van der Waals surface area contributed by atoms with Gasteiger partial charge in [0, 0.05) is 0 Å². The molecule has 0 spiro atoms. The molecular formula is C18H16ClN3O4. The number of carbonyl (C=O) groups excluding carboxylic acids is 1. The standard InChI is InChI=1S/C18H16ClN3O4/c1-24-17-10-13(6-7-16(17)25-9-8-20)11-21-22-18(23)12-26-15-5-3-2-4-14(15)19/h2-7,10-11H,9,12H2,1H3,(H,22,23)/b21-11+. The number of methoxy groups -OCH3 is 1. The summed E-state index contributed by atoms with van der Waals surface area (Å²) in [4.78, 5) is 11.7. The molecule has 8 heteroatoms. The van der Waals surface area contributed by atoms with Crippen molar-refractivity contribution in [1.29, 1.82) is 5.26 Å². The van der Waals surface area contributed by atoms with Crippen LogP contribution < -0.4 is 19.6 Å². The van der Waals surface area contributed by atoms with Gasteiger partial charge in [0.2, 0.25) is 0 Å². The van der Waals surface area contributed by atoms with Crippen LogP contribution in [0.3, 0.4) is 0 Å². The van der Waals surface area contributed by atoms with Gasteiger partial charge in [-0.1, -0.05) is 23.7 Å². The van der Waals surface area contributed by atoms with Crippen molar-refractivity contribution in [2.45, 2.75) is 0 Å². The van der Waals surface area contributed by atoms with Crippen molar-refractivity contribution in [2.24, 2.45) is 5.10 Å². The minimum absolute atomic E-state index is 0.0781. The third-order valence-corrected chi connectivity index (χ3v) is 3.39. The van der Waals surface area contributed by atoms with E-state index in [9.17, 15) is 4.79 Å². The molecule has 0 heterocycles. The van der Waals surface area contributed by atoms with Gasteiger partial charge in [-0.15, -0.1) is 0 Å². The average Bonchev–Trinajstić information content (AvgIpc) is 2.66. The van der Waals surface area contributed by atoms with E-state index in [1.807, 2.05) is 6.07 Å². The number of benzene rings is 2. The molecule has 0 atom stereocenters. The van der Waals surface area contributed by atoms with Gasteiger partial charge in [0.05, 0.1) is 18.3 Å². The maximum atomic E-state index is 11.7. The van der Waals surface area contributed by atoms with Crippen LogP contribution in [0.5, 0.6) is 17.2 Å². The van der Waals surface area contributed by atoms with Gasteiger partial charge in [-0.3, -0.25) is 4.79 Å². The van der Waals surface area contributed by atoms with E-state index in [4.69, 9.17) is 31.1 Å². The molecule has 134 valence electrons. The summed E-state index contributed by atoms with van der Waals surface area (Å²) in [5.74, 6) is 0.897. The van der Waals surface area contributed by atoms with Gasteiger partial charge < -0.3 is 14.2 Å². The molecular weight excluding hydrogens is 358 g/mol. The van der Waals surface area contributed by atoms with Crippen LogP contribution >= 0.6 is 11.6 Å². The fourth-order valence-electron chi connectivity index (χ4n) is 1.91. The zero-order chi connectivity index (χ0) is 18.8. The highest BCUT2D eigenvalue weighted by Gasteiger charge is 2.06. The number of nitrogens with zero attached hydrogens (tertiary/aromatic N) is 2. The highest BCUT2D eigenvalue weighted by Crippen LogP contribution is 2.27. The van der Waals surface area contributed by atoms with Crippen LogP contribution in [0, 0.1) is 11.3 Å². The predicted octanol–water partition coefficient (Wildman–Crippen LogP) is 2.78. The summed E-state index contributed by atoms with van der Waals surface area (Å²) in [5.41, 5.74) is 3.03. The molecule has 0 aromatic heterocycles. The molecule has 0 unspecified atom stereocenters. The Morgan fingerprint density at radius 1 is 1.23 bits per heavy atom. The number of rotatable bonds is 8. The number of nitrogens with one attached hydrogen (secondary N) is 1. The fraction of sp³-hybridized carbons (Fsp3) is 0.167. The maximum absolute atomic E-state index is 11.7. The van der Waals surface area contributed by atoms with Crippen molar-refractivity contribution in [3.05, 3.63) is 53.1 Å². The highest BCUT2D eigenvalue weighted by atomic mass is 35.5. The first-order chi connectivity index (χ1) is 12.6. The molecule has 0 radical (unpaired) electrons. The SMILES string of the molecule is COc1cc(/C=N/NC(=O)COc2ccccc2Cl)ccc1OCC#N. The number of hydrogen-bond donors (Lipinski definition) is 1. The lowest BCUT2D eigenvalue weighted by atomic mass is 10.2. The van der Waals surface area contributed by atoms with E-state index in [0.29, 0.717) is 27.8 Å². The summed E-state index contributed by atoms with van der Waals surface area (Å²) in [6.07, 6.45) is 1.45. The number of amides is 1. The third-order valence-electron chi connectivity index (χ3n) is 3.08. The number of hydrogen-bond acceptors (Lipinski definition) is 6. The van der Waals surface area contributed by atoms with E-state index >= 15 is 0 Å². The van der Waals surface area contributed by atoms with Gasteiger partial charge in [0.1, 0.15) is 11.8 Å². The minimum atomic E-state index is -0.429. The predicted molar refractivity (Wildman–Crippen MR) is 96.8 cm³/mol. The van der Waals surface area contributed by atoms with E-state index in [0.717, 1.165) is 0 Å². The number of halogens is 1. The van der Waals surface area contributed by atoms with Crippen molar-refractivity contribution < 1.29 is 19.0 Å². The second kappa shape index (κ2) is 9.91. The molecule has 7 nitrogen and oxygen atoms in total.